The van der Waals surface area contributed by atoms with Crippen LogP contribution in [-0.4, -0.2) is 53.7 Å². The Morgan fingerprint density at radius 2 is 1.92 bits per heavy atom. The monoisotopic (exact) mass is 535 g/mol. The number of hydrogen-bond donors (Lipinski definition) is 2. The van der Waals surface area contributed by atoms with Crippen molar-refractivity contribution in [3.05, 3.63) is 39.7 Å². The first-order chi connectivity index (χ1) is 18.0. The van der Waals surface area contributed by atoms with Gasteiger partial charge in [0.05, 0.1) is 22.1 Å². The Balaban J connectivity index is 1.12. The fraction of sp³-hybridized carbons (Fsp3) is 0.500. The van der Waals surface area contributed by atoms with Crippen molar-refractivity contribution >= 4 is 50.7 Å². The number of nitrogens with one attached hydrogen (secondary N) is 1. The van der Waals surface area contributed by atoms with E-state index in [0.29, 0.717) is 17.8 Å². The third-order valence-corrected chi connectivity index (χ3v) is 9.01. The van der Waals surface area contributed by atoms with Gasteiger partial charge in [-0.05, 0) is 97.9 Å². The van der Waals surface area contributed by atoms with Crippen LogP contribution in [0.3, 0.4) is 0 Å². The van der Waals surface area contributed by atoms with Gasteiger partial charge in [0.1, 0.15) is 0 Å². The average molecular weight is 536 g/mol. The molecule has 37 heavy (non-hydrogen) atoms. The van der Waals surface area contributed by atoms with Crippen molar-refractivity contribution in [3.8, 4) is 5.82 Å². The van der Waals surface area contributed by atoms with Crippen molar-refractivity contribution < 1.29 is 0 Å². The molecule has 2 saturated carbocycles. The second-order valence-electron chi connectivity index (χ2n) is 10.8. The van der Waals surface area contributed by atoms with Gasteiger partial charge in [-0.3, -0.25) is 9.88 Å². The lowest BCUT2D eigenvalue weighted by molar-refractivity contribution is 0.164. The van der Waals surface area contributed by atoms with Crippen LogP contribution in [-0.2, 0) is 12.8 Å². The third-order valence-electron chi connectivity index (χ3n) is 7.76. The van der Waals surface area contributed by atoms with Crippen molar-refractivity contribution in [1.29, 1.82) is 0 Å². The Bertz CT molecular complexity index is 1460. The molecule has 2 fully saturated rings. The van der Waals surface area contributed by atoms with E-state index >= 15 is 0 Å². The van der Waals surface area contributed by atoms with Crippen LogP contribution in [0.25, 0.3) is 16.0 Å². The average Bonchev–Trinajstić information content (AvgIpc) is 3.81. The van der Waals surface area contributed by atoms with Crippen LogP contribution in [0.15, 0.2) is 17.6 Å². The lowest BCUT2D eigenvalue weighted by Gasteiger charge is -2.35. The quantitative estimate of drug-likeness (QED) is 0.305. The van der Waals surface area contributed by atoms with Gasteiger partial charge < -0.3 is 11.1 Å². The molecule has 0 aliphatic heterocycles. The van der Waals surface area contributed by atoms with Gasteiger partial charge in [0.2, 0.25) is 17.2 Å². The van der Waals surface area contributed by atoms with E-state index in [9.17, 15) is 0 Å². The van der Waals surface area contributed by atoms with E-state index in [0.717, 1.165) is 46.1 Å². The maximum Gasteiger partial charge on any atom is 0.248 e. The molecule has 7 rings (SSSR count). The smallest absolute Gasteiger partial charge is 0.248 e. The number of hydrogen-bond acceptors (Lipinski definition) is 9. The van der Waals surface area contributed by atoms with E-state index in [1.54, 1.807) is 0 Å². The van der Waals surface area contributed by atoms with E-state index in [2.05, 4.69) is 36.3 Å². The van der Waals surface area contributed by atoms with Crippen LogP contribution in [0.4, 0.5) is 17.6 Å². The van der Waals surface area contributed by atoms with Crippen LogP contribution in [0, 0.1) is 18.8 Å². The molecule has 1 atom stereocenters. The number of aryl methyl sites for hydroxylation is 2. The zero-order chi connectivity index (χ0) is 25.1. The van der Waals surface area contributed by atoms with Crippen LogP contribution >= 0.6 is 22.9 Å². The molecule has 11 heteroatoms. The molecular formula is C26H30ClN9S. The second-order valence-corrected chi connectivity index (χ2v) is 12.0. The molecule has 0 saturated heterocycles. The zero-order valence-corrected chi connectivity index (χ0v) is 22.4. The normalized spacial score (nSPS) is 19.5. The van der Waals surface area contributed by atoms with Gasteiger partial charge in [0, 0.05) is 24.8 Å². The summed E-state index contributed by atoms with van der Waals surface area (Å²) in [5, 5.41) is 10.1. The Morgan fingerprint density at radius 1 is 1.14 bits per heavy atom. The SMILES string of the molecule is Cc1csc2c(-n3nc(Nc4cnc5c(c4)CC(N(CC4CC4)CC4CC4)CC5)nc3N)nc(Cl)nc12. The molecular weight excluding hydrogens is 506 g/mol. The highest BCUT2D eigenvalue weighted by molar-refractivity contribution is 7.17. The number of anilines is 3. The summed E-state index contributed by atoms with van der Waals surface area (Å²) in [6, 6.07) is 2.82. The summed E-state index contributed by atoms with van der Waals surface area (Å²) in [6.07, 6.45) is 10.8. The zero-order valence-electron chi connectivity index (χ0n) is 20.8. The molecule has 4 aromatic heterocycles. The lowest BCUT2D eigenvalue weighted by atomic mass is 9.90. The van der Waals surface area contributed by atoms with Crippen molar-refractivity contribution in [2.24, 2.45) is 11.8 Å². The summed E-state index contributed by atoms with van der Waals surface area (Å²) in [7, 11) is 0. The first-order valence-corrected chi connectivity index (χ1v) is 14.4. The molecule has 0 aromatic carbocycles. The highest BCUT2D eigenvalue weighted by Gasteiger charge is 2.34. The minimum Gasteiger partial charge on any atom is -0.368 e. The van der Waals surface area contributed by atoms with Crippen LogP contribution in [0.5, 0.6) is 0 Å². The van der Waals surface area contributed by atoms with E-state index in [1.807, 2.05) is 18.5 Å². The van der Waals surface area contributed by atoms with Gasteiger partial charge in [-0.2, -0.15) is 14.6 Å². The van der Waals surface area contributed by atoms with E-state index < -0.39 is 0 Å². The molecule has 4 aromatic rings. The molecule has 0 radical (unpaired) electrons. The molecule has 0 bridgehead atoms. The summed E-state index contributed by atoms with van der Waals surface area (Å²) in [5.74, 6) is 2.99. The molecule has 192 valence electrons. The van der Waals surface area contributed by atoms with Gasteiger partial charge in [0.25, 0.3) is 0 Å². The van der Waals surface area contributed by atoms with Gasteiger partial charge in [-0.1, -0.05) is 0 Å². The Hall–Kier alpha value is -2.82. The van der Waals surface area contributed by atoms with Crippen molar-refractivity contribution in [3.63, 3.8) is 0 Å². The minimum atomic E-state index is 0.152. The molecule has 1 unspecified atom stereocenters. The maximum absolute atomic E-state index is 6.26. The highest BCUT2D eigenvalue weighted by Crippen LogP contribution is 2.37. The largest absolute Gasteiger partial charge is 0.368 e. The summed E-state index contributed by atoms with van der Waals surface area (Å²) in [4.78, 5) is 20.8. The number of aromatic nitrogens is 6. The predicted molar refractivity (Wildman–Crippen MR) is 147 cm³/mol. The van der Waals surface area contributed by atoms with Gasteiger partial charge in [-0.25, -0.2) is 4.98 Å². The predicted octanol–water partition coefficient (Wildman–Crippen LogP) is 4.93. The second kappa shape index (κ2) is 9.18. The Kier molecular flexibility index (Phi) is 5.78. The Labute approximate surface area is 224 Å². The molecule has 4 heterocycles. The lowest BCUT2D eigenvalue weighted by Crippen LogP contribution is -2.42. The van der Waals surface area contributed by atoms with E-state index in [4.69, 9.17) is 22.3 Å². The number of fused-ring (bicyclic) bond motifs is 2. The number of rotatable bonds is 8. The fourth-order valence-electron chi connectivity index (χ4n) is 5.41. The number of nitrogens with zero attached hydrogens (tertiary/aromatic N) is 7. The van der Waals surface area contributed by atoms with Gasteiger partial charge in [-0.15, -0.1) is 16.4 Å². The number of pyridine rings is 1. The van der Waals surface area contributed by atoms with Crippen molar-refractivity contribution in [2.75, 3.05) is 24.1 Å². The molecule has 3 N–H and O–H groups in total. The Morgan fingerprint density at radius 3 is 2.68 bits per heavy atom. The topological polar surface area (TPSA) is 111 Å². The minimum absolute atomic E-state index is 0.152. The molecule has 3 aliphatic carbocycles. The van der Waals surface area contributed by atoms with Crippen LogP contribution in [0.2, 0.25) is 5.28 Å². The van der Waals surface area contributed by atoms with Crippen LogP contribution in [0.1, 0.15) is 48.9 Å². The summed E-state index contributed by atoms with van der Waals surface area (Å²) >= 11 is 7.74. The van der Waals surface area contributed by atoms with Crippen molar-refractivity contribution in [2.45, 2.75) is 57.9 Å². The number of thiophene rings is 1. The third kappa shape index (κ3) is 4.78. The van der Waals surface area contributed by atoms with Gasteiger partial charge >= 0.3 is 0 Å². The van der Waals surface area contributed by atoms with Crippen molar-refractivity contribution in [1.82, 2.24) is 34.6 Å². The number of nitrogens with two attached hydrogens (primary N) is 1. The number of nitrogen functional groups attached to an aromatic ring is 1. The highest BCUT2D eigenvalue weighted by atomic mass is 35.5. The van der Waals surface area contributed by atoms with Gasteiger partial charge in [0.15, 0.2) is 5.82 Å². The first-order valence-electron chi connectivity index (χ1n) is 13.1. The first kappa shape index (κ1) is 23.3. The van der Waals surface area contributed by atoms with E-state index in [1.165, 1.54) is 72.5 Å². The molecule has 9 nitrogen and oxygen atoms in total. The molecule has 0 spiro atoms. The van der Waals surface area contributed by atoms with Crippen LogP contribution < -0.4 is 11.1 Å². The number of halogens is 1. The fourth-order valence-corrected chi connectivity index (χ4v) is 6.54. The summed E-state index contributed by atoms with van der Waals surface area (Å²) in [6.45, 7) is 4.54. The maximum atomic E-state index is 6.26. The molecule has 3 aliphatic rings. The summed E-state index contributed by atoms with van der Waals surface area (Å²) < 4.78 is 2.39. The standard InChI is InChI=1S/C26H30ClN9S/c1-14-13-37-22-21(14)31-24(27)32-23(22)36-25(28)33-26(34-36)30-18-8-17-9-19(6-7-20(17)29-10-18)35(11-15-2-3-15)12-16-4-5-16/h8,10,13,15-16,19H,2-7,9,11-12H2,1H3,(H3,28,30,33,34). The summed E-state index contributed by atoms with van der Waals surface area (Å²) in [5.41, 5.74) is 11.5. The molecule has 0 amide bonds. The van der Waals surface area contributed by atoms with E-state index in [-0.39, 0.29) is 11.2 Å².